The first-order valence-electron chi connectivity index (χ1n) is 23.7. The summed E-state index contributed by atoms with van der Waals surface area (Å²) in [5.74, 6) is -10.9. The number of thiazole rings is 1. The molecule has 6 heterocycles. The standard InChI is InChI=1S/C51H51N15O15S/c1-11-28-49-65-36(26(8)81-49)45(76)56-21(3)40(71)66-38(51(9,10)78)46(77)58-23(5)48-64-35(25(7)80-48)44(75)55-20(2)39(70)57-22(4)47-61-30(18-79-47)37-27(50-62-31(19-82-50)42(73)63-34(24(6)67)43(74)60-28)12-13-29(59-37)41(72)54-17-15-33(69)53-16-14-32(52)68/h11-19,24,34,38,67,78H,2-5H2,1,6-10H3,(H2,52,68)(H,53,69)(H,54,72)(H,55,75)(H,56,76)(H,57,70)(H,58,77)(H,60,74)(H,63,73)(H,66,71)/b16-14+,17-15+,28-11-. The topological polar surface area (TPSA) is 449 Å². The van der Waals surface area contributed by atoms with E-state index in [9.17, 15) is 58.2 Å². The van der Waals surface area contributed by atoms with Crippen LogP contribution in [0.4, 0.5) is 0 Å². The number of nitrogens with two attached hydrogens (primary N) is 1. The SMILES string of the molecule is C=C1NC(=O)c2nc(oc2C)C(=C)NC(=O)C(C(C)(C)O)NC(=O)C(=C)NC(=O)c2nc(oc2C)/C(=C/C)NC(=O)C(C(C)O)NC(=O)c2csc(n2)-c2ccc(C(=O)N/C=C/C(=O)N/C=C/C(N)=O)nc2-c2coc(n2)C(=C)NC1=O. The summed E-state index contributed by atoms with van der Waals surface area (Å²) in [6.07, 6.45) is 4.67. The molecule has 0 spiro atoms. The third-order valence-electron chi connectivity index (χ3n) is 11.0. The van der Waals surface area contributed by atoms with Crippen LogP contribution in [-0.2, 0) is 28.8 Å². The largest absolute Gasteiger partial charge is 0.443 e. The van der Waals surface area contributed by atoms with Gasteiger partial charge in [-0.3, -0.25) is 47.9 Å². The molecule has 0 saturated carbocycles. The van der Waals surface area contributed by atoms with Crippen LogP contribution in [0.25, 0.3) is 39.1 Å². The molecule has 31 heteroatoms. The number of allylic oxidation sites excluding steroid dienone is 1. The number of aryl methyl sites for hydroxylation is 2. The number of aliphatic hydroxyl groups excluding tert-OH is 1. The monoisotopic (exact) mass is 1150 g/mol. The van der Waals surface area contributed by atoms with E-state index in [1.807, 2.05) is 0 Å². The molecule has 0 radical (unpaired) electrons. The third-order valence-corrected chi connectivity index (χ3v) is 11.9. The Hall–Kier alpha value is -10.8. The fourth-order valence-corrected chi connectivity index (χ4v) is 7.69. The molecular formula is C51H51N15O15S. The highest BCUT2D eigenvalue weighted by atomic mass is 32.1. The van der Waals surface area contributed by atoms with Gasteiger partial charge in [-0.1, -0.05) is 32.4 Å². The Morgan fingerprint density at radius 3 is 1.93 bits per heavy atom. The molecular weight excluding hydrogens is 1090 g/mol. The van der Waals surface area contributed by atoms with Crippen LogP contribution in [-0.4, -0.2) is 118 Å². The number of fused-ring (bicyclic) bond motifs is 11. The molecule has 6 rings (SSSR count). The van der Waals surface area contributed by atoms with Crippen molar-refractivity contribution in [2.75, 3.05) is 0 Å². The maximum absolute atomic E-state index is 13.8. The Labute approximate surface area is 467 Å². The smallest absolute Gasteiger partial charge is 0.278 e. The van der Waals surface area contributed by atoms with Gasteiger partial charge in [-0.05, 0) is 53.7 Å². The quantitative estimate of drug-likeness (QED) is 0.0962. The fraction of sp³-hybridized carbons (Fsp3) is 0.196. The van der Waals surface area contributed by atoms with Gasteiger partial charge in [0, 0.05) is 35.5 Å². The molecule has 8 bridgehead atoms. The number of rotatable bonds is 7. The lowest BCUT2D eigenvalue weighted by molar-refractivity contribution is -0.132. The number of carbonyl (C=O) groups excluding carboxylic acids is 10. The van der Waals surface area contributed by atoms with Crippen molar-refractivity contribution in [3.8, 4) is 22.0 Å². The summed E-state index contributed by atoms with van der Waals surface area (Å²) in [5, 5.41) is 44.1. The van der Waals surface area contributed by atoms with E-state index in [1.165, 1.54) is 65.1 Å². The maximum Gasteiger partial charge on any atom is 0.278 e. The minimum Gasteiger partial charge on any atom is -0.443 e. The normalized spacial score (nSPS) is 17.6. The molecule has 13 N–H and O–H groups in total. The van der Waals surface area contributed by atoms with Gasteiger partial charge in [0.25, 0.3) is 35.4 Å². The molecule has 0 aromatic carbocycles. The summed E-state index contributed by atoms with van der Waals surface area (Å²) in [5.41, 5.74) is -0.258. The summed E-state index contributed by atoms with van der Waals surface area (Å²) in [4.78, 5) is 153. The number of hydrogen-bond donors (Lipinski definition) is 12. The van der Waals surface area contributed by atoms with Crippen LogP contribution in [0.15, 0.2) is 105 Å². The number of oxazole rings is 3. The predicted octanol–water partition coefficient (Wildman–Crippen LogP) is 0.0983. The van der Waals surface area contributed by atoms with Gasteiger partial charge in [-0.2, -0.15) is 0 Å². The van der Waals surface area contributed by atoms with Gasteiger partial charge >= 0.3 is 0 Å². The van der Waals surface area contributed by atoms with Crippen molar-refractivity contribution in [2.24, 2.45) is 5.73 Å². The highest BCUT2D eigenvalue weighted by Gasteiger charge is 2.37. The molecule has 0 aliphatic carbocycles. The number of aliphatic hydroxyl groups is 2. The molecule has 426 valence electrons. The number of pyridine rings is 1. The van der Waals surface area contributed by atoms with Crippen molar-refractivity contribution < 1.29 is 71.4 Å². The lowest BCUT2D eigenvalue weighted by Gasteiger charge is -2.29. The second-order valence-electron chi connectivity index (χ2n) is 17.8. The molecule has 0 saturated heterocycles. The van der Waals surface area contributed by atoms with Gasteiger partial charge in [0.15, 0.2) is 11.4 Å². The van der Waals surface area contributed by atoms with Crippen molar-refractivity contribution in [3.63, 3.8) is 0 Å². The molecule has 3 unspecified atom stereocenters. The van der Waals surface area contributed by atoms with Gasteiger partial charge in [-0.15, -0.1) is 11.3 Å². The molecule has 82 heavy (non-hydrogen) atoms. The van der Waals surface area contributed by atoms with Crippen LogP contribution in [0, 0.1) is 13.8 Å². The van der Waals surface area contributed by atoms with Gasteiger partial charge < -0.3 is 77.0 Å². The van der Waals surface area contributed by atoms with Crippen LogP contribution in [0.5, 0.6) is 0 Å². The van der Waals surface area contributed by atoms with Crippen LogP contribution in [0.3, 0.4) is 0 Å². The summed E-state index contributed by atoms with van der Waals surface area (Å²) < 4.78 is 16.9. The van der Waals surface area contributed by atoms with E-state index < -0.39 is 112 Å². The van der Waals surface area contributed by atoms with E-state index in [2.05, 4.69) is 99.1 Å². The highest BCUT2D eigenvalue weighted by molar-refractivity contribution is 7.13. The predicted molar refractivity (Wildman–Crippen MR) is 287 cm³/mol. The minimum atomic E-state index is -1.99. The van der Waals surface area contributed by atoms with E-state index in [0.29, 0.717) is 0 Å². The Morgan fingerprint density at radius 2 is 1.30 bits per heavy atom. The second-order valence-corrected chi connectivity index (χ2v) is 18.6. The van der Waals surface area contributed by atoms with Gasteiger partial charge in [0.1, 0.15) is 57.7 Å². The minimum absolute atomic E-state index is 0.0900. The number of carbonyl (C=O) groups is 10. The lowest BCUT2D eigenvalue weighted by Crippen LogP contribution is -2.58. The first-order chi connectivity index (χ1) is 38.6. The average Bonchev–Trinajstić information content (AvgIpc) is 4.13. The van der Waals surface area contributed by atoms with Crippen LogP contribution < -0.4 is 53.6 Å². The van der Waals surface area contributed by atoms with Gasteiger partial charge in [0.05, 0.1) is 40.2 Å². The van der Waals surface area contributed by atoms with Crippen molar-refractivity contribution >= 4 is 87.5 Å². The molecule has 10 amide bonds. The van der Waals surface area contributed by atoms with Gasteiger partial charge in [0.2, 0.25) is 41.3 Å². The van der Waals surface area contributed by atoms with E-state index in [4.69, 9.17) is 19.0 Å². The van der Waals surface area contributed by atoms with E-state index in [0.717, 1.165) is 42.2 Å². The van der Waals surface area contributed by atoms with E-state index >= 15 is 0 Å². The van der Waals surface area contributed by atoms with Crippen LogP contribution in [0.2, 0.25) is 0 Å². The molecule has 3 atom stereocenters. The summed E-state index contributed by atoms with van der Waals surface area (Å²) >= 11 is 0.909. The lowest BCUT2D eigenvalue weighted by atomic mass is 9.97. The number of aromatic nitrogens is 5. The zero-order valence-corrected chi connectivity index (χ0v) is 45.0. The summed E-state index contributed by atoms with van der Waals surface area (Å²) in [6.45, 7) is 22.4. The summed E-state index contributed by atoms with van der Waals surface area (Å²) in [7, 11) is 0. The Bertz CT molecular complexity index is 3630. The number of amides is 10. The fourth-order valence-electron chi connectivity index (χ4n) is 6.86. The van der Waals surface area contributed by atoms with Crippen molar-refractivity contribution in [1.29, 1.82) is 0 Å². The van der Waals surface area contributed by atoms with Crippen LogP contribution in [0.1, 0.15) is 98.8 Å². The van der Waals surface area contributed by atoms with Crippen LogP contribution >= 0.6 is 11.3 Å². The molecule has 5 aromatic rings. The number of primary amides is 1. The summed E-state index contributed by atoms with van der Waals surface area (Å²) in [6, 6.07) is -0.770. The highest BCUT2D eigenvalue weighted by Crippen LogP contribution is 2.33. The molecule has 1 aliphatic rings. The Kier molecular flexibility index (Phi) is 18.7. The maximum atomic E-state index is 13.8. The van der Waals surface area contributed by atoms with Crippen molar-refractivity contribution in [3.05, 3.63) is 144 Å². The molecule has 30 nitrogen and oxygen atoms in total. The van der Waals surface area contributed by atoms with Crippen molar-refractivity contribution in [2.45, 2.75) is 65.3 Å². The first kappa shape index (κ1) is 60.4. The van der Waals surface area contributed by atoms with Crippen molar-refractivity contribution in [1.82, 2.24) is 72.8 Å². The molecule has 5 aromatic heterocycles. The molecule has 1 aliphatic heterocycles. The Balaban J connectivity index is 1.35. The average molecular weight is 1150 g/mol. The zero-order valence-electron chi connectivity index (χ0n) is 44.2. The third kappa shape index (κ3) is 14.7. The number of nitrogens with zero attached hydrogens (tertiary/aromatic N) is 5. The second kappa shape index (κ2) is 25.3. The van der Waals surface area contributed by atoms with E-state index in [1.54, 1.807) is 0 Å². The number of nitrogens with one attached hydrogen (secondary N) is 9. The van der Waals surface area contributed by atoms with E-state index in [-0.39, 0.29) is 73.7 Å². The molecule has 0 fully saturated rings. The Morgan fingerprint density at radius 1 is 0.707 bits per heavy atom. The number of hydrogen-bond acceptors (Lipinski definition) is 21. The van der Waals surface area contributed by atoms with Gasteiger partial charge in [-0.25, -0.2) is 24.9 Å². The first-order valence-corrected chi connectivity index (χ1v) is 24.6. The zero-order chi connectivity index (χ0) is 60.5.